The van der Waals surface area contributed by atoms with Gasteiger partial charge >= 0.3 is 5.97 Å². The second-order valence-electron chi connectivity index (χ2n) is 4.95. The highest BCUT2D eigenvalue weighted by molar-refractivity contribution is 5.69. The van der Waals surface area contributed by atoms with Crippen LogP contribution in [0.3, 0.4) is 0 Å². The van der Waals surface area contributed by atoms with Crippen LogP contribution in [0.5, 0.6) is 11.5 Å². The van der Waals surface area contributed by atoms with Crippen LogP contribution in [0.1, 0.15) is 31.4 Å². The van der Waals surface area contributed by atoms with E-state index in [-0.39, 0.29) is 13.2 Å². The van der Waals surface area contributed by atoms with E-state index in [1.807, 2.05) is 0 Å². The molecule has 1 heterocycles. The molecule has 0 radical (unpaired) electrons. The minimum atomic E-state index is -0.914. The molecule has 0 atom stereocenters. The van der Waals surface area contributed by atoms with Gasteiger partial charge in [-0.15, -0.1) is 0 Å². The summed E-state index contributed by atoms with van der Waals surface area (Å²) in [5.74, 6) is 0.140. The molecule has 1 aliphatic heterocycles. The molecule has 0 aliphatic carbocycles. The number of carbonyl (C=O) groups is 1. The molecular weight excluding hydrogens is 239 g/mol. The molecule has 1 aliphatic rings. The second kappa shape index (κ2) is 4.48. The quantitative estimate of drug-likeness (QED) is 0.897. The second-order valence-corrected chi connectivity index (χ2v) is 4.95. The maximum absolute atomic E-state index is 13.1. The van der Waals surface area contributed by atoms with Gasteiger partial charge in [0.15, 0.2) is 11.5 Å². The lowest BCUT2D eigenvalue weighted by Gasteiger charge is -2.25. The first kappa shape index (κ1) is 12.7. The average molecular weight is 254 g/mol. The third-order valence-corrected chi connectivity index (χ3v) is 3.06. The fourth-order valence-corrected chi connectivity index (χ4v) is 2.20. The van der Waals surface area contributed by atoms with Gasteiger partial charge in [0.2, 0.25) is 6.79 Å². The predicted molar refractivity (Wildman–Crippen MR) is 62.7 cm³/mol. The predicted octanol–water partition coefficient (Wildman–Crippen LogP) is 2.64. The number of fused-ring (bicyclic) bond motifs is 1. The minimum absolute atomic E-state index is 0.0698. The first-order valence-electron chi connectivity index (χ1n) is 5.65. The Bertz CT molecular complexity index is 482. The van der Waals surface area contributed by atoms with Gasteiger partial charge in [-0.05, 0) is 23.3 Å². The normalized spacial score (nSPS) is 13.7. The van der Waals surface area contributed by atoms with Gasteiger partial charge in [-0.25, -0.2) is 4.39 Å². The van der Waals surface area contributed by atoms with Gasteiger partial charge < -0.3 is 14.6 Å². The van der Waals surface area contributed by atoms with Crippen LogP contribution in [0.25, 0.3) is 0 Å². The Hall–Kier alpha value is -1.78. The first-order chi connectivity index (χ1) is 8.44. The number of carboxylic acid groups (broad SMARTS) is 1. The van der Waals surface area contributed by atoms with Gasteiger partial charge in [-0.1, -0.05) is 13.8 Å². The molecule has 1 aromatic carbocycles. The monoisotopic (exact) mass is 254 g/mol. The molecule has 0 spiro atoms. The molecule has 1 aromatic rings. The van der Waals surface area contributed by atoms with E-state index in [1.54, 1.807) is 26.0 Å². The van der Waals surface area contributed by atoms with Crippen LogP contribution in [-0.2, 0) is 16.9 Å². The Balaban J connectivity index is 2.46. The van der Waals surface area contributed by atoms with Crippen LogP contribution in [0.4, 0.5) is 4.39 Å². The number of ether oxygens (including phenoxy) is 2. The zero-order chi connectivity index (χ0) is 13.3. The molecule has 0 unspecified atom stereocenters. The van der Waals surface area contributed by atoms with Gasteiger partial charge in [0.25, 0.3) is 0 Å². The lowest BCUT2D eigenvalue weighted by molar-refractivity contribution is -0.138. The lowest BCUT2D eigenvalue weighted by Crippen LogP contribution is -2.23. The summed E-state index contributed by atoms with van der Waals surface area (Å²) in [6.45, 7) is 3.01. The van der Waals surface area contributed by atoms with Crippen LogP contribution < -0.4 is 9.47 Å². The summed E-state index contributed by atoms with van der Waals surface area (Å²) in [5.41, 5.74) is 0.441. The number of rotatable bonds is 4. The molecule has 2 rings (SSSR count). The summed E-state index contributed by atoms with van der Waals surface area (Å²) in [4.78, 5) is 10.9. The van der Waals surface area contributed by atoms with Crippen molar-refractivity contribution in [1.29, 1.82) is 0 Å². The summed E-state index contributed by atoms with van der Waals surface area (Å²) in [5, 5.41) is 8.92. The zero-order valence-corrected chi connectivity index (χ0v) is 10.3. The van der Waals surface area contributed by atoms with Gasteiger partial charge in [-0.2, -0.15) is 0 Å². The van der Waals surface area contributed by atoms with Crippen molar-refractivity contribution in [2.24, 2.45) is 0 Å². The van der Waals surface area contributed by atoms with Crippen molar-refractivity contribution in [3.05, 3.63) is 23.3 Å². The molecule has 0 bridgehead atoms. The molecule has 0 fully saturated rings. The van der Waals surface area contributed by atoms with E-state index in [1.165, 1.54) is 0 Å². The highest BCUT2D eigenvalue weighted by Gasteiger charge is 2.29. The Morgan fingerprint density at radius 2 is 2.00 bits per heavy atom. The molecule has 0 amide bonds. The summed E-state index contributed by atoms with van der Waals surface area (Å²) in [6, 6.07) is 3.27. The van der Waals surface area contributed by atoms with E-state index in [9.17, 15) is 9.18 Å². The zero-order valence-electron chi connectivity index (χ0n) is 10.3. The van der Waals surface area contributed by atoms with E-state index in [0.29, 0.717) is 22.6 Å². The smallest absolute Gasteiger partial charge is 0.304 e. The number of hydrogen-bond donors (Lipinski definition) is 1. The van der Waals surface area contributed by atoms with Crippen molar-refractivity contribution < 1.29 is 23.8 Å². The Labute approximate surface area is 104 Å². The van der Waals surface area contributed by atoms with Crippen molar-refractivity contribution in [3.63, 3.8) is 0 Å². The molecule has 5 heteroatoms. The fourth-order valence-electron chi connectivity index (χ4n) is 2.20. The number of hydrogen-bond acceptors (Lipinski definition) is 3. The Morgan fingerprint density at radius 3 is 2.56 bits per heavy atom. The highest BCUT2D eigenvalue weighted by atomic mass is 19.1. The summed E-state index contributed by atoms with van der Waals surface area (Å²) >= 11 is 0. The van der Waals surface area contributed by atoms with Crippen molar-refractivity contribution >= 4 is 5.97 Å². The third-order valence-electron chi connectivity index (χ3n) is 3.06. The first-order valence-corrected chi connectivity index (χ1v) is 5.65. The highest BCUT2D eigenvalue weighted by Crippen LogP contribution is 2.40. The van der Waals surface area contributed by atoms with Gasteiger partial charge in [0, 0.05) is 5.41 Å². The van der Waals surface area contributed by atoms with Gasteiger partial charge in [0.1, 0.15) is 6.67 Å². The lowest BCUT2D eigenvalue weighted by atomic mass is 9.79. The number of alkyl halides is 1. The number of aliphatic carboxylic acids is 1. The Kier molecular flexibility index (Phi) is 3.15. The standard InChI is InChI=1S/C13H15FO4/c1-13(2,5-12(15)16)9-4-11-10(17-7-18-11)3-8(9)6-14/h3-4H,5-7H2,1-2H3,(H,15,16). The summed E-state index contributed by atoms with van der Waals surface area (Å²) in [6.07, 6.45) is -0.0698. The maximum atomic E-state index is 13.1. The van der Waals surface area contributed by atoms with Crippen LogP contribution in [-0.4, -0.2) is 17.9 Å². The van der Waals surface area contributed by atoms with Crippen LogP contribution in [0.2, 0.25) is 0 Å². The third kappa shape index (κ3) is 2.25. The average Bonchev–Trinajstić information content (AvgIpc) is 2.72. The van der Waals surface area contributed by atoms with Gasteiger partial charge in [0.05, 0.1) is 6.42 Å². The van der Waals surface area contributed by atoms with Crippen molar-refractivity contribution in [1.82, 2.24) is 0 Å². The molecule has 1 N–H and O–H groups in total. The SMILES string of the molecule is CC(C)(CC(=O)O)c1cc2c(cc1CF)OCO2. The Morgan fingerprint density at radius 1 is 1.39 bits per heavy atom. The van der Waals surface area contributed by atoms with E-state index in [4.69, 9.17) is 14.6 Å². The van der Waals surface area contributed by atoms with Crippen LogP contribution in [0, 0.1) is 0 Å². The largest absolute Gasteiger partial charge is 0.481 e. The van der Waals surface area contributed by atoms with Crippen molar-refractivity contribution in [2.75, 3.05) is 6.79 Å². The van der Waals surface area contributed by atoms with E-state index < -0.39 is 18.1 Å². The van der Waals surface area contributed by atoms with Crippen molar-refractivity contribution in [2.45, 2.75) is 32.4 Å². The number of halogens is 1. The van der Waals surface area contributed by atoms with E-state index in [2.05, 4.69) is 0 Å². The molecule has 0 saturated carbocycles. The minimum Gasteiger partial charge on any atom is -0.481 e. The molecule has 0 aromatic heterocycles. The van der Waals surface area contributed by atoms with Crippen LogP contribution in [0.15, 0.2) is 12.1 Å². The summed E-state index contributed by atoms with van der Waals surface area (Å²) < 4.78 is 23.5. The topological polar surface area (TPSA) is 55.8 Å². The fraction of sp³-hybridized carbons (Fsp3) is 0.462. The van der Waals surface area contributed by atoms with E-state index in [0.717, 1.165) is 0 Å². The molecule has 4 nitrogen and oxygen atoms in total. The van der Waals surface area contributed by atoms with E-state index >= 15 is 0 Å². The maximum Gasteiger partial charge on any atom is 0.304 e. The summed E-state index contributed by atoms with van der Waals surface area (Å²) in [7, 11) is 0. The molecule has 18 heavy (non-hydrogen) atoms. The van der Waals surface area contributed by atoms with Crippen molar-refractivity contribution in [3.8, 4) is 11.5 Å². The molecule has 0 saturated heterocycles. The van der Waals surface area contributed by atoms with Gasteiger partial charge in [-0.3, -0.25) is 4.79 Å². The van der Waals surface area contributed by atoms with Crippen LogP contribution >= 0.6 is 0 Å². The number of benzene rings is 1. The molecule has 98 valence electrons. The number of carboxylic acids is 1. The molecular formula is C13H15FO4.